The Morgan fingerprint density at radius 1 is 1.38 bits per heavy atom. The number of rotatable bonds is 2. The van der Waals surface area contributed by atoms with Gasteiger partial charge in [0.2, 0.25) is 0 Å². The molecule has 1 aromatic carbocycles. The second-order valence-electron chi connectivity index (χ2n) is 6.95. The normalized spacial score (nSPS) is 24.9. The largest absolute Gasteiger partial charge is 0.450 e. The van der Waals surface area contributed by atoms with Gasteiger partial charge in [-0.25, -0.2) is 4.79 Å². The monoisotopic (exact) mass is 407 g/mol. The van der Waals surface area contributed by atoms with Crippen molar-refractivity contribution in [2.45, 2.75) is 12.8 Å². The average Bonchev–Trinajstić information content (AvgIpc) is 2.73. The first-order valence-corrected chi connectivity index (χ1v) is 9.49. The first-order chi connectivity index (χ1) is 13.9. The molecule has 3 atom stereocenters. The van der Waals surface area contributed by atoms with Crippen LogP contribution in [0.15, 0.2) is 35.9 Å². The maximum atomic E-state index is 12.3. The molecule has 1 N–H and O–H groups in total. The van der Waals surface area contributed by atoms with Gasteiger partial charge in [0.25, 0.3) is 0 Å². The van der Waals surface area contributed by atoms with Gasteiger partial charge in [0, 0.05) is 29.9 Å². The van der Waals surface area contributed by atoms with E-state index in [1.807, 2.05) is 12.1 Å². The van der Waals surface area contributed by atoms with E-state index < -0.39 is 29.3 Å². The number of hydrogen-bond acceptors (Lipinski definition) is 6. The zero-order valence-corrected chi connectivity index (χ0v) is 16.5. The van der Waals surface area contributed by atoms with E-state index in [-0.39, 0.29) is 25.4 Å². The van der Waals surface area contributed by atoms with E-state index in [0.717, 1.165) is 0 Å². The summed E-state index contributed by atoms with van der Waals surface area (Å²) in [6.45, 7) is 2.35. The number of benzene rings is 1. The third kappa shape index (κ3) is 3.23. The average molecular weight is 408 g/mol. The molecule has 1 amide bonds. The number of halogens is 1. The molecule has 29 heavy (non-hydrogen) atoms. The molecular formula is C21H18ClN5O2. The second kappa shape index (κ2) is 7.95. The summed E-state index contributed by atoms with van der Waals surface area (Å²) in [7, 11) is 0. The van der Waals surface area contributed by atoms with E-state index in [0.29, 0.717) is 16.2 Å². The highest BCUT2D eigenvalue weighted by Crippen LogP contribution is 2.53. The van der Waals surface area contributed by atoms with Crippen LogP contribution in [0.1, 0.15) is 18.4 Å². The van der Waals surface area contributed by atoms with Gasteiger partial charge >= 0.3 is 6.09 Å². The van der Waals surface area contributed by atoms with E-state index in [9.17, 15) is 20.6 Å². The highest BCUT2D eigenvalue weighted by molar-refractivity contribution is 6.30. The lowest BCUT2D eigenvalue weighted by Gasteiger charge is -2.47. The number of hydrogen-bond donors (Lipinski definition) is 1. The molecule has 1 aromatic rings. The van der Waals surface area contributed by atoms with E-state index in [2.05, 4.69) is 6.07 Å². The summed E-state index contributed by atoms with van der Waals surface area (Å²) < 4.78 is 5.10. The van der Waals surface area contributed by atoms with E-state index in [1.54, 1.807) is 37.3 Å². The fourth-order valence-electron chi connectivity index (χ4n) is 4.25. The fourth-order valence-corrected chi connectivity index (χ4v) is 4.45. The molecule has 0 bridgehead atoms. The zero-order valence-electron chi connectivity index (χ0n) is 15.7. The van der Waals surface area contributed by atoms with Gasteiger partial charge in [0.15, 0.2) is 5.41 Å². The van der Waals surface area contributed by atoms with Crippen LogP contribution in [0.5, 0.6) is 0 Å². The van der Waals surface area contributed by atoms with Crippen LogP contribution in [0, 0.1) is 56.7 Å². The topological polar surface area (TPSA) is 125 Å². The smallest absolute Gasteiger partial charge is 0.410 e. The summed E-state index contributed by atoms with van der Waals surface area (Å²) in [6.07, 6.45) is 1.24. The number of nitrogens with one attached hydrogen (secondary N) is 1. The van der Waals surface area contributed by atoms with Crippen molar-refractivity contribution >= 4 is 23.4 Å². The lowest BCUT2D eigenvalue weighted by molar-refractivity contribution is 0.0992. The summed E-state index contributed by atoms with van der Waals surface area (Å²) >= 11 is 6.16. The van der Waals surface area contributed by atoms with Gasteiger partial charge in [0.05, 0.1) is 30.5 Å². The Morgan fingerprint density at radius 3 is 2.69 bits per heavy atom. The number of amides is 1. The highest BCUT2D eigenvalue weighted by atomic mass is 35.5. The van der Waals surface area contributed by atoms with E-state index >= 15 is 0 Å². The summed E-state index contributed by atoms with van der Waals surface area (Å²) in [5.41, 5.74) is -0.806. The molecule has 0 spiro atoms. The number of fused-ring (bicyclic) bond motifs is 1. The molecule has 3 rings (SSSR count). The number of nitriles is 3. The fraction of sp³-hybridized carbons (Fsp3) is 0.381. The molecule has 2 aliphatic rings. The van der Waals surface area contributed by atoms with Crippen LogP contribution in [0.4, 0.5) is 4.79 Å². The van der Waals surface area contributed by atoms with Crippen molar-refractivity contribution in [2.24, 2.45) is 17.3 Å². The molecule has 7 nitrogen and oxygen atoms in total. The van der Waals surface area contributed by atoms with Gasteiger partial charge < -0.3 is 15.0 Å². The Labute approximate surface area is 173 Å². The van der Waals surface area contributed by atoms with Crippen molar-refractivity contribution in [1.29, 1.82) is 21.2 Å². The molecule has 1 unspecified atom stereocenters. The van der Waals surface area contributed by atoms with Crippen LogP contribution in [0.2, 0.25) is 5.02 Å². The molecule has 0 aromatic heterocycles. The van der Waals surface area contributed by atoms with Gasteiger partial charge in [-0.2, -0.15) is 15.8 Å². The Bertz CT molecular complexity index is 999. The van der Waals surface area contributed by atoms with Crippen LogP contribution in [-0.2, 0) is 4.74 Å². The molecule has 1 heterocycles. The number of nitrogens with zero attached hydrogens (tertiary/aromatic N) is 4. The van der Waals surface area contributed by atoms with Crippen LogP contribution >= 0.6 is 11.6 Å². The van der Waals surface area contributed by atoms with Crippen molar-refractivity contribution < 1.29 is 9.53 Å². The number of carbonyl (C=O) groups is 1. The van der Waals surface area contributed by atoms with Crippen molar-refractivity contribution in [1.82, 2.24) is 4.90 Å². The second-order valence-corrected chi connectivity index (χ2v) is 7.39. The lowest BCUT2D eigenvalue weighted by atomic mass is 9.54. The third-order valence-corrected chi connectivity index (χ3v) is 5.76. The first kappa shape index (κ1) is 20.4. The zero-order chi connectivity index (χ0) is 21.2. The Balaban J connectivity index is 2.20. The van der Waals surface area contributed by atoms with Crippen molar-refractivity contribution in [2.75, 3.05) is 19.7 Å². The molecule has 1 fully saturated rings. The first-order valence-electron chi connectivity index (χ1n) is 9.11. The van der Waals surface area contributed by atoms with E-state index in [4.69, 9.17) is 21.7 Å². The molecular weight excluding hydrogens is 390 g/mol. The van der Waals surface area contributed by atoms with Crippen molar-refractivity contribution in [3.05, 3.63) is 46.5 Å². The predicted molar refractivity (Wildman–Crippen MR) is 105 cm³/mol. The minimum absolute atomic E-state index is 0.179. The Hall–Kier alpha value is -3.34. The van der Waals surface area contributed by atoms with Crippen LogP contribution in [0.3, 0.4) is 0 Å². The summed E-state index contributed by atoms with van der Waals surface area (Å²) in [5, 5.41) is 38.7. The highest BCUT2D eigenvalue weighted by Gasteiger charge is 2.58. The predicted octanol–water partition coefficient (Wildman–Crippen LogP) is 3.65. The molecule has 0 radical (unpaired) electrons. The standard InChI is InChI=1S/C21H18ClN5O2/c1-2-29-20(28)27-7-6-15-16(9-23)19(26)21(11-24,12-25)18(17(15)10-27)13-4-3-5-14(22)8-13/h3-6,8,16-18,26H,2,7,10H2,1H3/t16?,17-,18-/m0/s1. The van der Waals surface area contributed by atoms with E-state index in [1.165, 1.54) is 4.90 Å². The Kier molecular flexibility index (Phi) is 5.59. The lowest BCUT2D eigenvalue weighted by Crippen LogP contribution is -2.53. The molecule has 1 aliphatic carbocycles. The van der Waals surface area contributed by atoms with Gasteiger partial charge in [0.1, 0.15) is 5.92 Å². The molecule has 146 valence electrons. The molecule has 0 saturated heterocycles. The summed E-state index contributed by atoms with van der Waals surface area (Å²) in [6, 6.07) is 12.9. The van der Waals surface area contributed by atoms with Crippen LogP contribution < -0.4 is 0 Å². The third-order valence-electron chi connectivity index (χ3n) is 5.52. The Morgan fingerprint density at radius 2 is 2.10 bits per heavy atom. The van der Waals surface area contributed by atoms with Gasteiger partial charge in [-0.3, -0.25) is 0 Å². The summed E-state index contributed by atoms with van der Waals surface area (Å²) in [4.78, 5) is 13.8. The van der Waals surface area contributed by atoms with Gasteiger partial charge in [-0.15, -0.1) is 0 Å². The minimum atomic E-state index is -1.84. The SMILES string of the molecule is CCOC(=O)N1CC=C2C(C#N)C(=N)C(C#N)(C#N)[C@@H](c3cccc(Cl)c3)[C@H]2C1. The minimum Gasteiger partial charge on any atom is -0.450 e. The van der Waals surface area contributed by atoms with Crippen molar-refractivity contribution in [3.63, 3.8) is 0 Å². The number of carbonyl (C=O) groups excluding carboxylic acids is 1. The molecule has 8 heteroatoms. The van der Waals surface area contributed by atoms with Crippen LogP contribution in [-0.4, -0.2) is 36.4 Å². The summed E-state index contributed by atoms with van der Waals surface area (Å²) in [5.74, 6) is -2.24. The van der Waals surface area contributed by atoms with Gasteiger partial charge in [-0.1, -0.05) is 29.8 Å². The maximum Gasteiger partial charge on any atom is 0.410 e. The number of ether oxygens (including phenoxy) is 1. The van der Waals surface area contributed by atoms with Crippen LogP contribution in [0.25, 0.3) is 0 Å². The van der Waals surface area contributed by atoms with Gasteiger partial charge in [-0.05, 0) is 30.2 Å². The van der Waals surface area contributed by atoms with Crippen molar-refractivity contribution in [3.8, 4) is 18.2 Å². The molecule has 1 aliphatic heterocycles. The molecule has 1 saturated carbocycles. The maximum absolute atomic E-state index is 12.3. The quantitative estimate of drug-likeness (QED) is 0.749.